The second kappa shape index (κ2) is 8.53. The van der Waals surface area contributed by atoms with Gasteiger partial charge in [-0.2, -0.15) is 5.10 Å². The molecule has 1 aliphatic heterocycles. The number of nitrogens with zero attached hydrogens (tertiary/aromatic N) is 3. The lowest BCUT2D eigenvalue weighted by molar-refractivity contribution is -0.122. The molecule has 146 valence electrons. The largest absolute Gasteiger partial charge is 0.293 e. The van der Waals surface area contributed by atoms with Crippen LogP contribution in [0.2, 0.25) is 5.02 Å². The summed E-state index contributed by atoms with van der Waals surface area (Å²) in [5, 5.41) is 5.45. The molecule has 1 fully saturated rings. The molecule has 1 aliphatic rings. The Bertz CT molecular complexity index is 1090. The number of carbonyl (C=O) groups is 1. The standard InChI is InChI=1S/C22H18ClN3OS2/c1-2-12-25-21(27)19(29-22(25)28)13-16-14-26(18-6-4-3-5-7-18)24-20(16)15-8-10-17(23)11-9-15/h3-11,13-14H,2,12H2,1H3/b19-13-. The summed E-state index contributed by atoms with van der Waals surface area (Å²) in [7, 11) is 0. The van der Waals surface area contributed by atoms with Crippen LogP contribution in [0.1, 0.15) is 18.9 Å². The van der Waals surface area contributed by atoms with Gasteiger partial charge in [0.2, 0.25) is 0 Å². The van der Waals surface area contributed by atoms with Gasteiger partial charge in [0.25, 0.3) is 5.91 Å². The molecule has 7 heteroatoms. The lowest BCUT2D eigenvalue weighted by Crippen LogP contribution is -2.28. The summed E-state index contributed by atoms with van der Waals surface area (Å²) >= 11 is 12.8. The average Bonchev–Trinajstić information content (AvgIpc) is 3.26. The van der Waals surface area contributed by atoms with E-state index >= 15 is 0 Å². The third-order valence-electron chi connectivity index (χ3n) is 4.49. The average molecular weight is 440 g/mol. The Kier molecular flexibility index (Phi) is 5.85. The third kappa shape index (κ3) is 4.15. The smallest absolute Gasteiger partial charge is 0.266 e. The number of amides is 1. The highest BCUT2D eigenvalue weighted by Gasteiger charge is 2.31. The predicted octanol–water partition coefficient (Wildman–Crippen LogP) is 5.80. The van der Waals surface area contributed by atoms with Crippen LogP contribution in [-0.2, 0) is 4.79 Å². The zero-order valence-corrected chi connectivity index (χ0v) is 18.1. The molecule has 0 aliphatic carbocycles. The summed E-state index contributed by atoms with van der Waals surface area (Å²) in [6, 6.07) is 17.4. The van der Waals surface area contributed by atoms with Gasteiger partial charge in [-0.3, -0.25) is 9.69 Å². The highest BCUT2D eigenvalue weighted by molar-refractivity contribution is 8.26. The van der Waals surface area contributed by atoms with Gasteiger partial charge < -0.3 is 0 Å². The van der Waals surface area contributed by atoms with Crippen molar-refractivity contribution in [1.82, 2.24) is 14.7 Å². The minimum absolute atomic E-state index is 0.0450. The molecule has 1 amide bonds. The SMILES string of the molecule is CCCN1C(=O)/C(=C/c2cn(-c3ccccc3)nc2-c2ccc(Cl)cc2)SC1=S. The zero-order valence-electron chi connectivity index (χ0n) is 15.7. The Labute approximate surface area is 184 Å². The van der Waals surface area contributed by atoms with Gasteiger partial charge in [0.05, 0.1) is 16.3 Å². The van der Waals surface area contributed by atoms with E-state index in [-0.39, 0.29) is 5.91 Å². The quantitative estimate of drug-likeness (QED) is 0.371. The normalized spacial score (nSPS) is 15.5. The Morgan fingerprint density at radius 3 is 2.55 bits per heavy atom. The maximum absolute atomic E-state index is 12.8. The minimum atomic E-state index is -0.0450. The molecule has 0 bridgehead atoms. The fourth-order valence-corrected chi connectivity index (χ4v) is 4.52. The highest BCUT2D eigenvalue weighted by Crippen LogP contribution is 2.35. The van der Waals surface area contributed by atoms with E-state index < -0.39 is 0 Å². The summed E-state index contributed by atoms with van der Waals surface area (Å²) in [4.78, 5) is 15.1. The highest BCUT2D eigenvalue weighted by atomic mass is 35.5. The van der Waals surface area contributed by atoms with Crippen molar-refractivity contribution in [2.75, 3.05) is 6.54 Å². The number of para-hydroxylation sites is 1. The number of benzene rings is 2. The van der Waals surface area contributed by atoms with E-state index in [0.29, 0.717) is 20.8 Å². The topological polar surface area (TPSA) is 38.1 Å². The van der Waals surface area contributed by atoms with Crippen molar-refractivity contribution in [3.05, 3.63) is 76.3 Å². The summed E-state index contributed by atoms with van der Waals surface area (Å²) in [6.07, 6.45) is 4.68. The van der Waals surface area contributed by atoms with Crippen LogP contribution >= 0.6 is 35.6 Å². The van der Waals surface area contributed by atoms with Crippen LogP contribution in [0.15, 0.2) is 65.7 Å². The fraction of sp³-hybridized carbons (Fsp3) is 0.136. The lowest BCUT2D eigenvalue weighted by Gasteiger charge is -2.11. The first kappa shape index (κ1) is 19.9. The summed E-state index contributed by atoms with van der Waals surface area (Å²) in [5.41, 5.74) is 3.51. The molecular weight excluding hydrogens is 422 g/mol. The first-order chi connectivity index (χ1) is 14.1. The van der Waals surface area contributed by atoms with Gasteiger partial charge in [0.1, 0.15) is 4.32 Å². The minimum Gasteiger partial charge on any atom is -0.293 e. The molecule has 4 rings (SSSR count). The van der Waals surface area contributed by atoms with Gasteiger partial charge in [0, 0.05) is 28.9 Å². The van der Waals surface area contributed by atoms with Crippen LogP contribution < -0.4 is 0 Å². The van der Waals surface area contributed by atoms with E-state index in [1.165, 1.54) is 11.8 Å². The van der Waals surface area contributed by atoms with Crippen molar-refractivity contribution in [3.63, 3.8) is 0 Å². The number of halogens is 1. The molecule has 1 aromatic heterocycles. The molecule has 1 saturated heterocycles. The van der Waals surface area contributed by atoms with E-state index in [1.54, 1.807) is 4.90 Å². The number of rotatable bonds is 5. The summed E-state index contributed by atoms with van der Waals surface area (Å²) < 4.78 is 2.43. The third-order valence-corrected chi connectivity index (χ3v) is 6.12. The molecule has 2 aromatic carbocycles. The van der Waals surface area contributed by atoms with Crippen molar-refractivity contribution in [2.24, 2.45) is 0 Å². The molecule has 29 heavy (non-hydrogen) atoms. The van der Waals surface area contributed by atoms with Gasteiger partial charge in [-0.1, -0.05) is 72.8 Å². The second-order valence-electron chi connectivity index (χ2n) is 6.55. The number of aromatic nitrogens is 2. The van der Waals surface area contributed by atoms with E-state index in [9.17, 15) is 4.79 Å². The van der Waals surface area contributed by atoms with E-state index in [1.807, 2.05) is 78.5 Å². The number of thioether (sulfide) groups is 1. The van der Waals surface area contributed by atoms with Gasteiger partial charge in [-0.25, -0.2) is 4.68 Å². The number of carbonyl (C=O) groups excluding carboxylic acids is 1. The van der Waals surface area contributed by atoms with Gasteiger partial charge in [-0.05, 0) is 36.8 Å². The van der Waals surface area contributed by atoms with Crippen LogP contribution in [0.4, 0.5) is 0 Å². The van der Waals surface area contributed by atoms with E-state index in [2.05, 4.69) is 0 Å². The molecule has 2 heterocycles. The van der Waals surface area contributed by atoms with Crippen LogP contribution in [0, 0.1) is 0 Å². The summed E-state index contributed by atoms with van der Waals surface area (Å²) in [5.74, 6) is -0.0450. The van der Waals surface area contributed by atoms with Crippen molar-refractivity contribution in [1.29, 1.82) is 0 Å². The number of hydrogen-bond donors (Lipinski definition) is 0. The first-order valence-electron chi connectivity index (χ1n) is 9.23. The molecule has 4 nitrogen and oxygen atoms in total. The molecule has 0 radical (unpaired) electrons. The lowest BCUT2D eigenvalue weighted by atomic mass is 10.1. The second-order valence-corrected chi connectivity index (χ2v) is 8.67. The Morgan fingerprint density at radius 1 is 1.14 bits per heavy atom. The molecule has 0 saturated carbocycles. The number of thiocarbonyl (C=S) groups is 1. The van der Waals surface area contributed by atoms with Crippen molar-refractivity contribution in [3.8, 4) is 16.9 Å². The molecule has 0 N–H and O–H groups in total. The monoisotopic (exact) mass is 439 g/mol. The number of hydrogen-bond acceptors (Lipinski definition) is 4. The Hall–Kier alpha value is -2.41. The van der Waals surface area contributed by atoms with Crippen molar-refractivity contribution in [2.45, 2.75) is 13.3 Å². The van der Waals surface area contributed by atoms with Crippen LogP contribution in [-0.4, -0.2) is 31.5 Å². The van der Waals surface area contributed by atoms with Gasteiger partial charge >= 0.3 is 0 Å². The molecule has 0 spiro atoms. The Morgan fingerprint density at radius 2 is 1.86 bits per heavy atom. The fourth-order valence-electron chi connectivity index (χ4n) is 3.10. The van der Waals surface area contributed by atoms with E-state index in [4.69, 9.17) is 28.9 Å². The molecule has 0 atom stereocenters. The van der Waals surface area contributed by atoms with E-state index in [0.717, 1.165) is 28.9 Å². The molecular formula is C22H18ClN3OS2. The van der Waals surface area contributed by atoms with Gasteiger partial charge in [-0.15, -0.1) is 0 Å². The van der Waals surface area contributed by atoms with Crippen LogP contribution in [0.5, 0.6) is 0 Å². The van der Waals surface area contributed by atoms with Gasteiger partial charge in [0.15, 0.2) is 0 Å². The van der Waals surface area contributed by atoms with Crippen LogP contribution in [0.25, 0.3) is 23.0 Å². The predicted molar refractivity (Wildman–Crippen MR) is 124 cm³/mol. The molecule has 0 unspecified atom stereocenters. The van der Waals surface area contributed by atoms with Crippen molar-refractivity contribution >= 4 is 51.9 Å². The maximum atomic E-state index is 12.8. The maximum Gasteiger partial charge on any atom is 0.266 e. The zero-order chi connectivity index (χ0) is 20.4. The first-order valence-corrected chi connectivity index (χ1v) is 10.8. The Balaban J connectivity index is 1.79. The summed E-state index contributed by atoms with van der Waals surface area (Å²) in [6.45, 7) is 2.67. The molecule has 3 aromatic rings. The van der Waals surface area contributed by atoms with Crippen molar-refractivity contribution < 1.29 is 4.79 Å². The van der Waals surface area contributed by atoms with Crippen LogP contribution in [0.3, 0.4) is 0 Å².